The lowest BCUT2D eigenvalue weighted by Gasteiger charge is -2.43. The summed E-state index contributed by atoms with van der Waals surface area (Å²) in [6.45, 7) is 3.83. The molecule has 0 unspecified atom stereocenters. The van der Waals surface area contributed by atoms with Gasteiger partial charge in [0.15, 0.2) is 0 Å². The monoisotopic (exact) mass is 536 g/mol. The number of fused-ring (bicyclic) bond motifs is 1. The van der Waals surface area contributed by atoms with Crippen LogP contribution in [-0.4, -0.2) is 51.9 Å². The number of nitriles is 1. The molecule has 3 aromatic rings. The molecule has 11 heteroatoms. The van der Waals surface area contributed by atoms with Crippen molar-refractivity contribution in [3.05, 3.63) is 76.4 Å². The Morgan fingerprint density at radius 2 is 1.95 bits per heavy atom. The number of benzene rings is 2. The van der Waals surface area contributed by atoms with E-state index in [-0.39, 0.29) is 29.6 Å². The first-order chi connectivity index (χ1) is 18.5. The predicted molar refractivity (Wildman–Crippen MR) is 135 cm³/mol. The van der Waals surface area contributed by atoms with Gasteiger partial charge in [-0.1, -0.05) is 12.1 Å². The van der Waals surface area contributed by atoms with Gasteiger partial charge in [0.05, 0.1) is 36.8 Å². The Morgan fingerprint density at radius 1 is 1.18 bits per heavy atom. The number of nitrogens with zero attached hydrogens (tertiary/aromatic N) is 6. The van der Waals surface area contributed by atoms with Crippen LogP contribution in [-0.2, 0) is 42.9 Å². The van der Waals surface area contributed by atoms with Crippen LogP contribution in [0.4, 0.5) is 18.9 Å². The van der Waals surface area contributed by atoms with E-state index in [1.54, 1.807) is 18.5 Å². The van der Waals surface area contributed by atoms with Crippen LogP contribution in [0.15, 0.2) is 42.7 Å². The lowest BCUT2D eigenvalue weighted by molar-refractivity contribution is -0.138. The van der Waals surface area contributed by atoms with E-state index in [4.69, 9.17) is 4.74 Å². The number of likely N-dealkylation sites (tertiary alicyclic amines) is 1. The van der Waals surface area contributed by atoms with E-state index in [1.165, 1.54) is 4.90 Å². The van der Waals surface area contributed by atoms with Crippen LogP contribution in [0.1, 0.15) is 45.4 Å². The minimum atomic E-state index is -4.60. The number of anilines is 1. The van der Waals surface area contributed by atoms with Gasteiger partial charge in [0.25, 0.3) is 5.91 Å². The molecule has 4 heterocycles. The molecule has 2 fully saturated rings. The van der Waals surface area contributed by atoms with E-state index in [9.17, 15) is 23.2 Å². The van der Waals surface area contributed by atoms with Gasteiger partial charge in [0.1, 0.15) is 12.2 Å². The number of carbonyl (C=O) groups excluding carboxylic acids is 1. The summed E-state index contributed by atoms with van der Waals surface area (Å²) in [5, 5.41) is 17.4. The minimum Gasteiger partial charge on any atom is -0.379 e. The topological polar surface area (TPSA) is 87.3 Å². The molecule has 8 nitrogen and oxygen atoms in total. The van der Waals surface area contributed by atoms with Crippen molar-refractivity contribution >= 4 is 11.6 Å². The Kier molecular flexibility index (Phi) is 5.82. The fourth-order valence-corrected chi connectivity index (χ4v) is 5.90. The van der Waals surface area contributed by atoms with Crippen LogP contribution in [0.5, 0.6) is 0 Å². The highest BCUT2D eigenvalue weighted by Crippen LogP contribution is 2.42. The van der Waals surface area contributed by atoms with E-state index in [2.05, 4.69) is 16.3 Å². The number of hydrogen-bond acceptors (Lipinski definition) is 6. The lowest BCUT2D eigenvalue weighted by atomic mass is 9.75. The molecule has 0 bridgehead atoms. The number of carbonyl (C=O) groups is 1. The molecule has 1 amide bonds. The van der Waals surface area contributed by atoms with Gasteiger partial charge in [-0.2, -0.15) is 18.4 Å². The number of ether oxygens (including phenoxy) is 1. The summed E-state index contributed by atoms with van der Waals surface area (Å²) >= 11 is 0. The van der Waals surface area contributed by atoms with Crippen molar-refractivity contribution in [2.24, 2.45) is 12.5 Å². The van der Waals surface area contributed by atoms with Crippen molar-refractivity contribution in [3.8, 4) is 6.07 Å². The Labute approximate surface area is 223 Å². The minimum absolute atomic E-state index is 0.00657. The van der Waals surface area contributed by atoms with Crippen LogP contribution in [0.25, 0.3) is 0 Å². The molecule has 39 heavy (non-hydrogen) atoms. The summed E-state index contributed by atoms with van der Waals surface area (Å²) in [5.41, 5.74) is 0.342. The molecule has 0 aliphatic carbocycles. The number of alkyl halides is 3. The fourth-order valence-electron chi connectivity index (χ4n) is 5.90. The largest absolute Gasteiger partial charge is 0.416 e. The van der Waals surface area contributed by atoms with Crippen LogP contribution in [0.3, 0.4) is 0 Å². The van der Waals surface area contributed by atoms with Crippen molar-refractivity contribution in [1.29, 1.82) is 5.26 Å². The summed E-state index contributed by atoms with van der Waals surface area (Å²) in [5.74, 6) is 0.347. The molecular weight excluding hydrogens is 509 g/mol. The summed E-state index contributed by atoms with van der Waals surface area (Å²) in [7, 11) is 1.87. The van der Waals surface area contributed by atoms with Crippen molar-refractivity contribution in [2.45, 2.75) is 38.0 Å². The average Bonchev–Trinajstić information content (AvgIpc) is 3.41. The Bertz CT molecular complexity index is 1500. The molecule has 0 N–H and O–H groups in total. The number of rotatable bonds is 6. The highest BCUT2D eigenvalue weighted by atomic mass is 19.4. The maximum Gasteiger partial charge on any atom is 0.416 e. The third-order valence-electron chi connectivity index (χ3n) is 8.06. The Hall–Kier alpha value is -3.75. The standard InChI is InChI=1S/C28H27F3N6O2/c1-26(12-32)13-36(14-26)10-18-6-21-22(23(7-18)28(29,30)31)11-37(25(21)38)20-5-3-4-19(8-20)27(15-39-16-27)9-24-34-33-17-35(24)2/h3-8,17H,9-11,13-16H2,1-2H3. The Morgan fingerprint density at radius 3 is 2.56 bits per heavy atom. The summed E-state index contributed by atoms with van der Waals surface area (Å²) in [6.07, 6.45) is -2.38. The highest BCUT2D eigenvalue weighted by molar-refractivity contribution is 6.10. The van der Waals surface area contributed by atoms with Crippen LogP contribution < -0.4 is 4.90 Å². The molecule has 2 saturated heterocycles. The van der Waals surface area contributed by atoms with E-state index in [0.29, 0.717) is 44.0 Å². The lowest BCUT2D eigenvalue weighted by Crippen LogP contribution is -2.53. The number of hydrogen-bond donors (Lipinski definition) is 0. The SMILES string of the molecule is Cn1cnnc1CC1(c2cccc(N3Cc4c(cc(CN5CC(C)(C#N)C5)cc4C(F)(F)F)C3=O)c2)COC1. The van der Waals surface area contributed by atoms with E-state index < -0.39 is 23.1 Å². The number of amides is 1. The molecule has 3 aliphatic rings. The molecule has 0 spiro atoms. The van der Waals surface area contributed by atoms with Crippen molar-refractivity contribution in [2.75, 3.05) is 31.2 Å². The van der Waals surface area contributed by atoms with E-state index in [0.717, 1.165) is 17.5 Å². The third-order valence-corrected chi connectivity index (χ3v) is 8.06. The zero-order valence-electron chi connectivity index (χ0n) is 21.6. The predicted octanol–water partition coefficient (Wildman–Crippen LogP) is 3.85. The van der Waals surface area contributed by atoms with Gasteiger partial charge in [-0.15, -0.1) is 10.2 Å². The van der Waals surface area contributed by atoms with Crippen molar-refractivity contribution in [1.82, 2.24) is 19.7 Å². The summed E-state index contributed by atoms with van der Waals surface area (Å²) in [6, 6.07) is 12.4. The van der Waals surface area contributed by atoms with E-state index >= 15 is 0 Å². The van der Waals surface area contributed by atoms with Gasteiger partial charge in [0, 0.05) is 49.8 Å². The van der Waals surface area contributed by atoms with Crippen LogP contribution >= 0.6 is 0 Å². The molecule has 1 aromatic heterocycles. The molecule has 0 atom stereocenters. The van der Waals surface area contributed by atoms with Crippen molar-refractivity contribution in [3.63, 3.8) is 0 Å². The Balaban J connectivity index is 1.30. The molecule has 202 valence electrons. The van der Waals surface area contributed by atoms with Gasteiger partial charge in [-0.3, -0.25) is 9.69 Å². The molecule has 2 aromatic carbocycles. The zero-order valence-corrected chi connectivity index (χ0v) is 21.6. The second-order valence-electron chi connectivity index (χ2n) is 11.2. The number of aryl methyl sites for hydroxylation is 1. The highest BCUT2D eigenvalue weighted by Gasteiger charge is 2.44. The quantitative estimate of drug-likeness (QED) is 0.476. The molecular formula is C28H27F3N6O2. The van der Waals surface area contributed by atoms with Crippen LogP contribution in [0, 0.1) is 16.7 Å². The molecule has 0 saturated carbocycles. The van der Waals surface area contributed by atoms with Gasteiger partial charge < -0.3 is 14.2 Å². The smallest absolute Gasteiger partial charge is 0.379 e. The molecule has 3 aliphatic heterocycles. The fraction of sp³-hybridized carbons (Fsp3) is 0.429. The zero-order chi connectivity index (χ0) is 27.6. The molecule has 0 radical (unpaired) electrons. The number of halogens is 3. The first-order valence-corrected chi connectivity index (χ1v) is 12.7. The average molecular weight is 537 g/mol. The summed E-state index contributed by atoms with van der Waals surface area (Å²) < 4.78 is 49.9. The third kappa shape index (κ3) is 4.37. The maximum atomic E-state index is 14.2. The second kappa shape index (κ2) is 8.89. The maximum absolute atomic E-state index is 14.2. The first-order valence-electron chi connectivity index (χ1n) is 12.7. The number of aromatic nitrogens is 3. The van der Waals surface area contributed by atoms with Crippen LogP contribution in [0.2, 0.25) is 0 Å². The second-order valence-corrected chi connectivity index (χ2v) is 11.2. The molecule has 6 rings (SSSR count). The van der Waals surface area contributed by atoms with E-state index in [1.807, 2.05) is 41.6 Å². The van der Waals surface area contributed by atoms with Gasteiger partial charge in [0.2, 0.25) is 0 Å². The van der Waals surface area contributed by atoms with Gasteiger partial charge >= 0.3 is 6.18 Å². The van der Waals surface area contributed by atoms with Gasteiger partial charge in [-0.05, 0) is 47.9 Å². The normalized spacial score (nSPS) is 19.8. The van der Waals surface area contributed by atoms with Gasteiger partial charge in [-0.25, -0.2) is 0 Å². The van der Waals surface area contributed by atoms with Crippen molar-refractivity contribution < 1.29 is 22.7 Å². The summed E-state index contributed by atoms with van der Waals surface area (Å²) in [4.78, 5) is 16.9. The first kappa shape index (κ1) is 25.5.